The fourth-order valence-electron chi connectivity index (χ4n) is 3.34. The van der Waals surface area contributed by atoms with Gasteiger partial charge in [-0.05, 0) is 65.7 Å². The summed E-state index contributed by atoms with van der Waals surface area (Å²) in [4.78, 5) is 4.61. The van der Waals surface area contributed by atoms with E-state index in [1.807, 2.05) is 13.0 Å². The van der Waals surface area contributed by atoms with Gasteiger partial charge in [0, 0.05) is 27.3 Å². The van der Waals surface area contributed by atoms with Crippen molar-refractivity contribution in [2.24, 2.45) is 0 Å². The lowest BCUT2D eigenvalue weighted by Crippen LogP contribution is -2.15. The van der Waals surface area contributed by atoms with Crippen molar-refractivity contribution in [3.63, 3.8) is 0 Å². The Kier molecular flexibility index (Phi) is 4.51. The molecular formula is C21H17BrN2O3S. The maximum absolute atomic E-state index is 13.4. The van der Waals surface area contributed by atoms with Crippen LogP contribution in [0.4, 0.5) is 0 Å². The summed E-state index contributed by atoms with van der Waals surface area (Å²) < 4.78 is 28.9. The van der Waals surface area contributed by atoms with Crippen LogP contribution in [0.25, 0.3) is 22.2 Å². The average molecular weight is 457 g/mol. The van der Waals surface area contributed by atoms with Crippen LogP contribution in [0.5, 0.6) is 5.75 Å². The molecule has 2 aromatic carbocycles. The molecular weight excluding hydrogens is 440 g/mol. The molecule has 142 valence electrons. The van der Waals surface area contributed by atoms with Gasteiger partial charge in [-0.1, -0.05) is 29.8 Å². The summed E-state index contributed by atoms with van der Waals surface area (Å²) in [5.41, 5.74) is 3.48. The van der Waals surface area contributed by atoms with Crippen LogP contribution in [0, 0.1) is 13.8 Å². The minimum absolute atomic E-state index is 0.150. The maximum Gasteiger partial charge on any atom is 0.269 e. The Morgan fingerprint density at radius 2 is 1.64 bits per heavy atom. The number of fused-ring (bicyclic) bond motifs is 1. The fraction of sp³-hybridized carbons (Fsp3) is 0.0952. The van der Waals surface area contributed by atoms with Crippen LogP contribution in [0.1, 0.15) is 11.3 Å². The molecule has 0 spiro atoms. The number of hydrogen-bond donors (Lipinski definition) is 1. The van der Waals surface area contributed by atoms with E-state index in [1.165, 1.54) is 3.97 Å². The minimum Gasteiger partial charge on any atom is -0.508 e. The van der Waals surface area contributed by atoms with Crippen LogP contribution in [0.2, 0.25) is 0 Å². The first-order chi connectivity index (χ1) is 13.3. The van der Waals surface area contributed by atoms with Crippen molar-refractivity contribution >= 4 is 37.0 Å². The SMILES string of the molecule is Cc1ccc(S(=O)(=O)n2c(C)c(-c3ccc(O)cc3)c3cc(Br)cnc32)cc1. The van der Waals surface area contributed by atoms with Gasteiger partial charge in [-0.25, -0.2) is 17.4 Å². The first-order valence-corrected chi connectivity index (χ1v) is 10.8. The van der Waals surface area contributed by atoms with Gasteiger partial charge in [-0.3, -0.25) is 0 Å². The molecule has 0 atom stereocenters. The molecule has 4 aromatic rings. The third kappa shape index (κ3) is 3.00. The largest absolute Gasteiger partial charge is 0.508 e. The predicted molar refractivity (Wildman–Crippen MR) is 113 cm³/mol. The number of halogens is 1. The zero-order valence-electron chi connectivity index (χ0n) is 15.2. The third-order valence-corrected chi connectivity index (χ3v) is 6.91. The Bertz CT molecular complexity index is 1290. The summed E-state index contributed by atoms with van der Waals surface area (Å²) in [5.74, 6) is 0.150. The number of benzene rings is 2. The molecule has 2 heterocycles. The Balaban J connectivity index is 2.06. The van der Waals surface area contributed by atoms with Crippen LogP contribution < -0.4 is 0 Å². The molecule has 0 saturated heterocycles. The first kappa shape index (κ1) is 18.7. The fourth-order valence-corrected chi connectivity index (χ4v) is 5.18. The van der Waals surface area contributed by atoms with Gasteiger partial charge in [0.05, 0.1) is 4.90 Å². The van der Waals surface area contributed by atoms with E-state index in [4.69, 9.17) is 0 Å². The molecule has 0 radical (unpaired) electrons. The van der Waals surface area contributed by atoms with E-state index in [-0.39, 0.29) is 10.6 Å². The number of aryl methyl sites for hydroxylation is 1. The highest BCUT2D eigenvalue weighted by Gasteiger charge is 2.26. The average Bonchev–Trinajstić information content (AvgIpc) is 2.94. The van der Waals surface area contributed by atoms with E-state index < -0.39 is 10.0 Å². The second-order valence-corrected chi connectivity index (χ2v) is 9.32. The monoisotopic (exact) mass is 456 g/mol. The highest BCUT2D eigenvalue weighted by Crippen LogP contribution is 2.37. The van der Waals surface area contributed by atoms with Crippen LogP contribution in [0.15, 0.2) is 70.2 Å². The third-order valence-electron chi connectivity index (χ3n) is 4.68. The topological polar surface area (TPSA) is 72.2 Å². The first-order valence-electron chi connectivity index (χ1n) is 8.57. The normalized spacial score (nSPS) is 11.8. The van der Waals surface area contributed by atoms with Crippen molar-refractivity contribution in [2.75, 3.05) is 0 Å². The zero-order valence-corrected chi connectivity index (χ0v) is 17.6. The van der Waals surface area contributed by atoms with Crippen molar-refractivity contribution < 1.29 is 13.5 Å². The lowest BCUT2D eigenvalue weighted by Gasteiger charge is -2.10. The van der Waals surface area contributed by atoms with Crippen molar-refractivity contribution in [3.05, 3.63) is 76.5 Å². The summed E-state index contributed by atoms with van der Waals surface area (Å²) in [6.07, 6.45) is 1.59. The molecule has 0 saturated carbocycles. The highest BCUT2D eigenvalue weighted by atomic mass is 79.9. The Labute approximate surface area is 171 Å². The van der Waals surface area contributed by atoms with E-state index in [2.05, 4.69) is 20.9 Å². The van der Waals surface area contributed by atoms with E-state index in [0.29, 0.717) is 16.7 Å². The van der Waals surface area contributed by atoms with Crippen molar-refractivity contribution in [1.29, 1.82) is 0 Å². The van der Waals surface area contributed by atoms with Gasteiger partial charge in [0.2, 0.25) is 0 Å². The molecule has 7 heteroatoms. The molecule has 0 bridgehead atoms. The molecule has 0 aliphatic rings. The standard InChI is InChI=1S/C21H17BrN2O3S/c1-13-3-9-18(10-4-13)28(26,27)24-14(2)20(15-5-7-17(25)8-6-15)19-11-16(22)12-23-21(19)24/h3-12,25H,1-2H3. The second kappa shape index (κ2) is 6.76. The summed E-state index contributed by atoms with van der Waals surface area (Å²) in [6.45, 7) is 3.68. The number of nitrogens with zero attached hydrogens (tertiary/aromatic N) is 2. The molecule has 0 unspecified atom stereocenters. The van der Waals surface area contributed by atoms with Gasteiger partial charge in [0.1, 0.15) is 5.75 Å². The van der Waals surface area contributed by atoms with E-state index in [9.17, 15) is 13.5 Å². The summed E-state index contributed by atoms with van der Waals surface area (Å²) in [6, 6.07) is 15.3. The predicted octanol–water partition coefficient (Wildman–Crippen LogP) is 5.03. The van der Waals surface area contributed by atoms with Crippen molar-refractivity contribution in [2.45, 2.75) is 18.7 Å². The van der Waals surface area contributed by atoms with Gasteiger partial charge < -0.3 is 5.11 Å². The molecule has 0 fully saturated rings. The number of phenols is 1. The number of aromatic hydroxyl groups is 1. The highest BCUT2D eigenvalue weighted by molar-refractivity contribution is 9.10. The van der Waals surface area contributed by atoms with E-state index in [0.717, 1.165) is 21.2 Å². The van der Waals surface area contributed by atoms with Crippen LogP contribution in [-0.2, 0) is 10.0 Å². The molecule has 0 aliphatic carbocycles. The summed E-state index contributed by atoms with van der Waals surface area (Å²) in [5, 5.41) is 10.3. The van der Waals surface area contributed by atoms with Gasteiger partial charge in [0.15, 0.2) is 5.65 Å². The number of hydrogen-bond acceptors (Lipinski definition) is 4. The number of phenolic OH excluding ortho intramolecular Hbond substituents is 1. The van der Waals surface area contributed by atoms with E-state index >= 15 is 0 Å². The van der Waals surface area contributed by atoms with Gasteiger partial charge in [0.25, 0.3) is 10.0 Å². The Hall–Kier alpha value is -2.64. The smallest absolute Gasteiger partial charge is 0.269 e. The minimum atomic E-state index is -3.83. The number of aromatic nitrogens is 2. The van der Waals surface area contributed by atoms with Gasteiger partial charge in [-0.2, -0.15) is 0 Å². The Morgan fingerprint density at radius 3 is 2.29 bits per heavy atom. The van der Waals surface area contributed by atoms with Gasteiger partial charge >= 0.3 is 0 Å². The molecule has 4 rings (SSSR count). The van der Waals surface area contributed by atoms with Gasteiger partial charge in [-0.15, -0.1) is 0 Å². The number of pyridine rings is 1. The maximum atomic E-state index is 13.4. The molecule has 5 nitrogen and oxygen atoms in total. The zero-order chi connectivity index (χ0) is 20.1. The summed E-state index contributed by atoms with van der Waals surface area (Å²) in [7, 11) is -3.83. The lowest BCUT2D eigenvalue weighted by molar-refractivity contribution is 0.475. The van der Waals surface area contributed by atoms with E-state index in [1.54, 1.807) is 61.7 Å². The molecule has 28 heavy (non-hydrogen) atoms. The molecule has 2 aromatic heterocycles. The van der Waals surface area contributed by atoms with Crippen molar-refractivity contribution in [3.8, 4) is 16.9 Å². The number of rotatable bonds is 3. The van der Waals surface area contributed by atoms with Crippen LogP contribution in [-0.4, -0.2) is 22.5 Å². The quantitative estimate of drug-likeness (QED) is 0.469. The summed E-state index contributed by atoms with van der Waals surface area (Å²) >= 11 is 3.43. The lowest BCUT2D eigenvalue weighted by atomic mass is 10.0. The van der Waals surface area contributed by atoms with Crippen LogP contribution in [0.3, 0.4) is 0 Å². The van der Waals surface area contributed by atoms with Crippen LogP contribution >= 0.6 is 15.9 Å². The molecule has 0 amide bonds. The molecule has 1 N–H and O–H groups in total. The van der Waals surface area contributed by atoms with Crippen molar-refractivity contribution in [1.82, 2.24) is 8.96 Å². The Morgan fingerprint density at radius 1 is 1.00 bits per heavy atom. The molecule has 0 aliphatic heterocycles. The second-order valence-electron chi connectivity index (χ2n) is 6.61.